The first-order valence-corrected chi connectivity index (χ1v) is 12.8. The largest absolute Gasteiger partial charge is 0.454 e. The molecule has 2 aliphatic rings. The maximum Gasteiger partial charge on any atom is 0.254 e. The van der Waals surface area contributed by atoms with E-state index in [0.29, 0.717) is 36.7 Å². The molecule has 192 valence electrons. The maximum atomic E-state index is 13.7. The normalized spacial score (nSPS) is 16.5. The highest BCUT2D eigenvalue weighted by Crippen LogP contribution is 2.33. The average Bonchev–Trinajstić information content (AvgIpc) is 3.38. The second-order valence-corrected chi connectivity index (χ2v) is 9.40. The van der Waals surface area contributed by atoms with E-state index >= 15 is 0 Å². The summed E-state index contributed by atoms with van der Waals surface area (Å²) in [4.78, 5) is 37.0. The third kappa shape index (κ3) is 5.91. The summed E-state index contributed by atoms with van der Waals surface area (Å²) in [5.41, 5.74) is 3.38. The molecule has 2 amide bonds. The smallest absolute Gasteiger partial charge is 0.254 e. The molecule has 2 aromatic carbocycles. The van der Waals surface area contributed by atoms with Crippen LogP contribution in [0.4, 0.5) is 5.69 Å². The first-order chi connectivity index (χ1) is 18.1. The van der Waals surface area contributed by atoms with Gasteiger partial charge in [-0.15, -0.1) is 0 Å². The lowest BCUT2D eigenvalue weighted by atomic mass is 10.1. The van der Waals surface area contributed by atoms with Crippen LogP contribution in [0.25, 0.3) is 0 Å². The van der Waals surface area contributed by atoms with Gasteiger partial charge in [0.1, 0.15) is 0 Å². The molecule has 0 unspecified atom stereocenters. The van der Waals surface area contributed by atoms with Crippen molar-refractivity contribution in [2.24, 2.45) is 0 Å². The summed E-state index contributed by atoms with van der Waals surface area (Å²) in [5, 5.41) is 0. The zero-order valence-corrected chi connectivity index (χ0v) is 21.1. The fourth-order valence-corrected chi connectivity index (χ4v) is 4.95. The van der Waals surface area contributed by atoms with E-state index in [2.05, 4.69) is 9.88 Å². The minimum atomic E-state index is -0.0733. The Hall–Kier alpha value is -3.91. The number of amides is 2. The lowest BCUT2D eigenvalue weighted by Crippen LogP contribution is -2.38. The Bertz CT molecular complexity index is 1250. The fraction of sp³-hybridized carbons (Fsp3) is 0.345. The summed E-state index contributed by atoms with van der Waals surface area (Å²) in [5.74, 6) is 1.16. The number of anilines is 1. The molecular weight excluding hydrogens is 468 g/mol. The van der Waals surface area contributed by atoms with Crippen LogP contribution in [0, 0.1) is 0 Å². The second kappa shape index (κ2) is 11.4. The van der Waals surface area contributed by atoms with Gasteiger partial charge >= 0.3 is 0 Å². The van der Waals surface area contributed by atoms with E-state index < -0.39 is 0 Å². The molecule has 3 aromatic rings. The number of nitrogens with zero attached hydrogens (tertiary/aromatic N) is 4. The summed E-state index contributed by atoms with van der Waals surface area (Å²) < 4.78 is 10.9. The van der Waals surface area contributed by atoms with E-state index in [1.165, 1.54) is 0 Å². The van der Waals surface area contributed by atoms with E-state index in [1.54, 1.807) is 25.1 Å². The number of fused-ring (bicyclic) bond motifs is 2. The Morgan fingerprint density at radius 3 is 2.49 bits per heavy atom. The van der Waals surface area contributed by atoms with Gasteiger partial charge in [-0.25, -0.2) is 0 Å². The van der Waals surface area contributed by atoms with Crippen molar-refractivity contribution in [3.8, 4) is 11.5 Å². The Morgan fingerprint density at radius 2 is 1.68 bits per heavy atom. The van der Waals surface area contributed by atoms with Gasteiger partial charge in [0.15, 0.2) is 11.5 Å². The first kappa shape index (κ1) is 24.8. The first-order valence-electron chi connectivity index (χ1n) is 12.8. The number of hydrogen-bond acceptors (Lipinski definition) is 6. The summed E-state index contributed by atoms with van der Waals surface area (Å²) in [6.07, 6.45) is 3.48. The molecule has 8 nitrogen and oxygen atoms in total. The number of ether oxygens (including phenoxy) is 2. The van der Waals surface area contributed by atoms with Gasteiger partial charge in [-0.3, -0.25) is 19.5 Å². The lowest BCUT2D eigenvalue weighted by molar-refractivity contribution is -0.116. The number of rotatable bonds is 3. The zero-order valence-electron chi connectivity index (χ0n) is 21.1. The molecule has 0 radical (unpaired) electrons. The average molecular weight is 501 g/mol. The molecule has 0 aliphatic carbocycles. The standard InChI is InChI=1S/C29H32N4O4/c1-22(34)33-17-7-15-31(20-25-9-4-5-13-30-25)14-6-16-32(19-24-8-2-3-10-26(24)33)29(35)23-11-12-27-28(18-23)37-21-36-27/h2-5,8-13,18H,6-7,14-17,19-21H2,1H3. The molecule has 0 saturated heterocycles. The Kier molecular flexibility index (Phi) is 7.65. The minimum absolute atomic E-state index is 0.00515. The van der Waals surface area contributed by atoms with Crippen LogP contribution < -0.4 is 14.4 Å². The highest BCUT2D eigenvalue weighted by atomic mass is 16.7. The zero-order chi connectivity index (χ0) is 25.6. The molecule has 0 atom stereocenters. The summed E-state index contributed by atoms with van der Waals surface area (Å²) in [7, 11) is 0. The quantitative estimate of drug-likeness (QED) is 0.539. The number of hydrogen-bond donors (Lipinski definition) is 0. The van der Waals surface area contributed by atoms with Crippen LogP contribution >= 0.6 is 0 Å². The SMILES string of the molecule is CC(=O)N1CCCN(Cc2ccccn2)CCCN(C(=O)c2ccc3c(c2)OCO3)Cc2ccccc21. The number of carbonyl (C=O) groups excluding carboxylic acids is 2. The molecule has 0 N–H and O–H groups in total. The van der Waals surface area contributed by atoms with Crippen molar-refractivity contribution in [2.75, 3.05) is 37.9 Å². The second-order valence-electron chi connectivity index (χ2n) is 9.40. The molecular formula is C29H32N4O4. The van der Waals surface area contributed by atoms with Crippen molar-refractivity contribution in [1.82, 2.24) is 14.8 Å². The van der Waals surface area contributed by atoms with E-state index in [9.17, 15) is 9.59 Å². The number of carbonyl (C=O) groups is 2. The van der Waals surface area contributed by atoms with Crippen molar-refractivity contribution in [3.63, 3.8) is 0 Å². The highest BCUT2D eigenvalue weighted by Gasteiger charge is 2.24. The fourth-order valence-electron chi connectivity index (χ4n) is 4.95. The molecule has 0 bridgehead atoms. The predicted octanol–water partition coefficient (Wildman–Crippen LogP) is 4.10. The number of benzene rings is 2. The van der Waals surface area contributed by atoms with Crippen LogP contribution in [0.2, 0.25) is 0 Å². The lowest BCUT2D eigenvalue weighted by Gasteiger charge is -2.31. The molecule has 0 fully saturated rings. The summed E-state index contributed by atoms with van der Waals surface area (Å²) in [6, 6.07) is 19.1. The van der Waals surface area contributed by atoms with Crippen molar-refractivity contribution in [3.05, 3.63) is 83.7 Å². The van der Waals surface area contributed by atoms with Gasteiger partial charge in [-0.1, -0.05) is 24.3 Å². The molecule has 8 heteroatoms. The van der Waals surface area contributed by atoms with E-state index in [4.69, 9.17) is 9.47 Å². The van der Waals surface area contributed by atoms with Crippen LogP contribution in [-0.4, -0.2) is 59.6 Å². The molecule has 1 aromatic heterocycles. The Balaban J connectivity index is 1.43. The predicted molar refractivity (Wildman–Crippen MR) is 141 cm³/mol. The number of pyridine rings is 1. The summed E-state index contributed by atoms with van der Waals surface area (Å²) in [6.45, 7) is 5.76. The Morgan fingerprint density at radius 1 is 0.892 bits per heavy atom. The molecule has 0 spiro atoms. The minimum Gasteiger partial charge on any atom is -0.454 e. The van der Waals surface area contributed by atoms with Crippen LogP contribution in [0.15, 0.2) is 66.9 Å². The van der Waals surface area contributed by atoms with Crippen molar-refractivity contribution < 1.29 is 19.1 Å². The van der Waals surface area contributed by atoms with E-state index in [-0.39, 0.29) is 18.6 Å². The van der Waals surface area contributed by atoms with E-state index in [0.717, 1.165) is 49.4 Å². The van der Waals surface area contributed by atoms with Gasteiger partial charge in [0.05, 0.1) is 5.69 Å². The third-order valence-electron chi connectivity index (χ3n) is 6.80. The van der Waals surface area contributed by atoms with E-state index in [1.807, 2.05) is 58.5 Å². The van der Waals surface area contributed by atoms with Gasteiger partial charge in [0, 0.05) is 63.6 Å². The molecule has 2 aliphatic heterocycles. The van der Waals surface area contributed by atoms with Crippen molar-refractivity contribution in [1.29, 1.82) is 0 Å². The molecule has 3 heterocycles. The highest BCUT2D eigenvalue weighted by molar-refractivity contribution is 5.95. The van der Waals surface area contributed by atoms with Crippen LogP contribution in [0.3, 0.4) is 0 Å². The monoisotopic (exact) mass is 500 g/mol. The third-order valence-corrected chi connectivity index (χ3v) is 6.80. The van der Waals surface area contributed by atoms with Gasteiger partial charge < -0.3 is 19.3 Å². The number of para-hydroxylation sites is 1. The molecule has 0 saturated carbocycles. The van der Waals surface area contributed by atoms with Gasteiger partial charge in [0.25, 0.3) is 5.91 Å². The van der Waals surface area contributed by atoms with Crippen LogP contribution in [0.1, 0.15) is 41.4 Å². The maximum absolute atomic E-state index is 13.7. The van der Waals surface area contributed by atoms with Gasteiger partial charge in [-0.05, 0) is 54.8 Å². The number of aromatic nitrogens is 1. The van der Waals surface area contributed by atoms with Gasteiger partial charge in [0.2, 0.25) is 12.7 Å². The van der Waals surface area contributed by atoms with Crippen molar-refractivity contribution >= 4 is 17.5 Å². The van der Waals surface area contributed by atoms with Gasteiger partial charge in [-0.2, -0.15) is 0 Å². The van der Waals surface area contributed by atoms with Crippen molar-refractivity contribution in [2.45, 2.75) is 32.9 Å². The van der Waals surface area contributed by atoms with Crippen LogP contribution in [0.5, 0.6) is 11.5 Å². The summed E-state index contributed by atoms with van der Waals surface area (Å²) >= 11 is 0. The molecule has 5 rings (SSSR count). The van der Waals surface area contributed by atoms with Crippen LogP contribution in [-0.2, 0) is 17.9 Å². The topological polar surface area (TPSA) is 75.2 Å². The Labute approximate surface area is 217 Å². The molecule has 37 heavy (non-hydrogen) atoms.